The van der Waals surface area contributed by atoms with Crippen molar-refractivity contribution in [1.82, 2.24) is 0 Å². The third kappa shape index (κ3) is 4.30. The Morgan fingerprint density at radius 2 is 1.62 bits per heavy atom. The fraction of sp³-hybridized carbons (Fsp3) is 0.812. The summed E-state index contributed by atoms with van der Waals surface area (Å²) in [6, 6.07) is 0. The number of aliphatic hydroxyl groups is 5. The molecule has 0 heterocycles. The van der Waals surface area contributed by atoms with Crippen LogP contribution in [0.3, 0.4) is 0 Å². The van der Waals surface area contributed by atoms with Crippen molar-refractivity contribution >= 4 is 23.3 Å². The van der Waals surface area contributed by atoms with Gasteiger partial charge in [0.25, 0.3) is 0 Å². The van der Waals surface area contributed by atoms with Crippen molar-refractivity contribution in [3.8, 4) is 0 Å². The van der Waals surface area contributed by atoms with Crippen LogP contribution < -0.4 is 0 Å². The van der Waals surface area contributed by atoms with Gasteiger partial charge in [0.1, 0.15) is 29.2 Å². The maximum absolute atomic E-state index is 14.4. The van der Waals surface area contributed by atoms with Crippen LogP contribution in [0.2, 0.25) is 0 Å². The molecule has 3 saturated carbocycles. The van der Waals surface area contributed by atoms with E-state index in [1.54, 1.807) is 33.8 Å². The number of hydrogen-bond donors (Lipinski definition) is 5. The summed E-state index contributed by atoms with van der Waals surface area (Å²) in [5.41, 5.74) is -7.20. The van der Waals surface area contributed by atoms with Gasteiger partial charge in [-0.15, -0.1) is 0 Å². The highest BCUT2D eigenvalue weighted by Gasteiger charge is 2.76. The molecule has 0 amide bonds. The number of carbonyl (C=O) groups excluding carboxylic acids is 4. The molecule has 0 aromatic heterocycles. The zero-order chi connectivity index (χ0) is 32.2. The van der Waals surface area contributed by atoms with Crippen molar-refractivity contribution in [3.63, 3.8) is 0 Å². The average molecular weight is 593 g/mol. The minimum Gasteiger partial charge on any atom is -0.457 e. The molecule has 0 aromatic carbocycles. The minimum absolute atomic E-state index is 0.0487. The first kappa shape index (κ1) is 32.9. The summed E-state index contributed by atoms with van der Waals surface area (Å²) < 4.78 is 5.16. The number of Topliss-reactive ketones (excluding diaryl/α,β-unsaturated/α-hetero) is 3. The normalized spacial score (nSPS) is 43.3. The largest absolute Gasteiger partial charge is 0.457 e. The maximum Gasteiger partial charge on any atom is 0.303 e. The first-order valence-corrected chi connectivity index (χ1v) is 14.9. The molecule has 4 aliphatic carbocycles. The Morgan fingerprint density at radius 3 is 2.17 bits per heavy atom. The Labute approximate surface area is 247 Å². The lowest BCUT2D eigenvalue weighted by Gasteiger charge is -2.65. The first-order chi connectivity index (χ1) is 18.9. The van der Waals surface area contributed by atoms with Crippen molar-refractivity contribution in [3.05, 3.63) is 11.6 Å². The monoisotopic (exact) mass is 592 g/mol. The van der Waals surface area contributed by atoms with E-state index in [2.05, 4.69) is 0 Å². The quantitative estimate of drug-likeness (QED) is 0.225. The van der Waals surface area contributed by atoms with Crippen molar-refractivity contribution in [2.75, 3.05) is 0 Å². The van der Waals surface area contributed by atoms with E-state index in [9.17, 15) is 44.7 Å². The molecule has 5 N–H and O–H groups in total. The summed E-state index contributed by atoms with van der Waals surface area (Å²) in [7, 11) is 0. The zero-order valence-corrected chi connectivity index (χ0v) is 26.2. The van der Waals surface area contributed by atoms with Crippen LogP contribution in [0.4, 0.5) is 0 Å². The van der Waals surface area contributed by atoms with Crippen LogP contribution in [0.15, 0.2) is 11.6 Å². The van der Waals surface area contributed by atoms with Crippen LogP contribution in [0, 0.1) is 39.4 Å². The minimum atomic E-state index is -2.18. The fourth-order valence-corrected chi connectivity index (χ4v) is 9.67. The highest BCUT2D eigenvalue weighted by Crippen LogP contribution is 2.74. The molecule has 3 fully saturated rings. The van der Waals surface area contributed by atoms with Crippen molar-refractivity contribution in [2.45, 2.75) is 124 Å². The topological polar surface area (TPSA) is 179 Å². The Bertz CT molecular complexity index is 1230. The SMILES string of the molecule is CC(=O)OC(C)(C)[C@@H](O)CC(=O)[C@](C)(O)[C@H]1[C@H](O)C[C@@]2(C)[C@@H]3[C@@H](O)C=C4[C@@H](CC(=O)[C@@H](O)C4(C)C)[C@]3(C)C(=O)C[C@]12C. The van der Waals surface area contributed by atoms with E-state index >= 15 is 0 Å². The van der Waals surface area contributed by atoms with Gasteiger partial charge < -0.3 is 30.3 Å². The predicted octanol–water partition coefficient (Wildman–Crippen LogP) is 1.66. The number of aliphatic hydroxyl groups excluding tert-OH is 4. The van der Waals surface area contributed by atoms with Crippen molar-refractivity contribution < 1.29 is 49.4 Å². The third-order valence-electron chi connectivity index (χ3n) is 12.2. The number of esters is 1. The van der Waals surface area contributed by atoms with Crippen molar-refractivity contribution in [2.24, 2.45) is 39.4 Å². The zero-order valence-electron chi connectivity index (χ0n) is 26.2. The number of carbonyl (C=O) groups is 4. The van der Waals surface area contributed by atoms with Crippen LogP contribution in [0.25, 0.3) is 0 Å². The molecule has 236 valence electrons. The molecule has 0 unspecified atom stereocenters. The second kappa shape index (κ2) is 9.76. The third-order valence-corrected chi connectivity index (χ3v) is 12.2. The molecule has 0 bridgehead atoms. The lowest BCUT2D eigenvalue weighted by molar-refractivity contribution is -0.197. The molecule has 11 atom stereocenters. The van der Waals surface area contributed by atoms with Gasteiger partial charge in [0.15, 0.2) is 11.6 Å². The molecule has 0 aromatic rings. The molecular formula is C32H48O10. The average Bonchev–Trinajstić information content (AvgIpc) is 3.02. The Morgan fingerprint density at radius 1 is 1.05 bits per heavy atom. The predicted molar refractivity (Wildman–Crippen MR) is 151 cm³/mol. The van der Waals surface area contributed by atoms with Gasteiger partial charge in [-0.25, -0.2) is 0 Å². The summed E-state index contributed by atoms with van der Waals surface area (Å²) in [4.78, 5) is 52.4. The Balaban J connectivity index is 1.76. The summed E-state index contributed by atoms with van der Waals surface area (Å²) in [6.45, 7) is 14.2. The molecule has 10 nitrogen and oxygen atoms in total. The highest BCUT2D eigenvalue weighted by molar-refractivity contribution is 5.93. The van der Waals surface area contributed by atoms with Crippen LogP contribution in [-0.4, -0.2) is 84.5 Å². The number of ketones is 3. The van der Waals surface area contributed by atoms with E-state index < -0.39 is 93.2 Å². The lowest BCUT2D eigenvalue weighted by Crippen LogP contribution is -2.68. The van der Waals surface area contributed by atoms with Crippen molar-refractivity contribution in [1.29, 1.82) is 0 Å². The van der Waals surface area contributed by atoms with Gasteiger partial charge in [-0.1, -0.05) is 46.3 Å². The van der Waals surface area contributed by atoms with Gasteiger partial charge in [-0.05, 0) is 38.0 Å². The summed E-state index contributed by atoms with van der Waals surface area (Å²) in [6.07, 6.45) is -4.05. The van der Waals surface area contributed by atoms with Crippen LogP contribution in [0.5, 0.6) is 0 Å². The smallest absolute Gasteiger partial charge is 0.303 e. The highest BCUT2D eigenvalue weighted by atomic mass is 16.6. The molecular weight excluding hydrogens is 544 g/mol. The first-order valence-electron chi connectivity index (χ1n) is 14.9. The summed E-state index contributed by atoms with van der Waals surface area (Å²) in [5, 5.41) is 56.5. The Hall–Kier alpha value is -1.98. The van der Waals surface area contributed by atoms with E-state index in [1.165, 1.54) is 27.7 Å². The number of hydrogen-bond acceptors (Lipinski definition) is 10. The van der Waals surface area contributed by atoms with E-state index in [4.69, 9.17) is 4.74 Å². The van der Waals surface area contributed by atoms with E-state index in [1.807, 2.05) is 6.92 Å². The number of ether oxygens (including phenoxy) is 1. The number of rotatable bonds is 6. The van der Waals surface area contributed by atoms with E-state index in [0.29, 0.717) is 5.57 Å². The number of fused-ring (bicyclic) bond motifs is 5. The summed E-state index contributed by atoms with van der Waals surface area (Å²) in [5.74, 6) is -4.43. The molecule has 0 aliphatic heterocycles. The second-order valence-electron chi connectivity index (χ2n) is 15.4. The van der Waals surface area contributed by atoms with Gasteiger partial charge in [0, 0.05) is 54.8 Å². The van der Waals surface area contributed by atoms with Gasteiger partial charge in [0.05, 0.1) is 12.2 Å². The van der Waals surface area contributed by atoms with E-state index in [-0.39, 0.29) is 30.8 Å². The van der Waals surface area contributed by atoms with E-state index in [0.717, 1.165) is 0 Å². The van der Waals surface area contributed by atoms with Gasteiger partial charge >= 0.3 is 5.97 Å². The Kier molecular flexibility index (Phi) is 7.65. The van der Waals surface area contributed by atoms with Crippen LogP contribution >= 0.6 is 0 Å². The summed E-state index contributed by atoms with van der Waals surface area (Å²) >= 11 is 0. The molecule has 10 heteroatoms. The lowest BCUT2D eigenvalue weighted by atomic mass is 9.38. The second-order valence-corrected chi connectivity index (χ2v) is 15.4. The van der Waals surface area contributed by atoms with Crippen LogP contribution in [0.1, 0.15) is 88.0 Å². The molecule has 4 rings (SSSR count). The van der Waals surface area contributed by atoms with Gasteiger partial charge in [0.2, 0.25) is 0 Å². The molecule has 4 aliphatic rings. The fourth-order valence-electron chi connectivity index (χ4n) is 9.67. The molecule has 0 spiro atoms. The molecule has 0 saturated heterocycles. The molecule has 42 heavy (non-hydrogen) atoms. The maximum atomic E-state index is 14.4. The molecule has 0 radical (unpaired) electrons. The standard InChI is InChI=1S/C32H48O10/c1-15(33)42-28(4,5)21(37)12-22(38)32(9,41)25-20(36)13-29(6)24-18(34)10-16-17(11-19(35)26(40)27(16,2)3)31(24,8)23(39)14-30(25,29)7/h10,17-18,20-21,24-26,34,36-37,40-41H,11-14H2,1-9H3/t17-,18+,20-,21+,24+,25+,26-,29+,30-,31-,32+/m1/s1. The van der Waals surface area contributed by atoms with Gasteiger partial charge in [-0.2, -0.15) is 0 Å². The van der Waals surface area contributed by atoms with Crippen LogP contribution in [-0.2, 0) is 23.9 Å². The van der Waals surface area contributed by atoms with Gasteiger partial charge in [-0.3, -0.25) is 19.2 Å².